The number of carbonyl (C=O) groups excluding carboxylic acids is 1. The van der Waals surface area contributed by atoms with Crippen LogP contribution in [0.5, 0.6) is 0 Å². The van der Waals surface area contributed by atoms with Gasteiger partial charge in [-0.2, -0.15) is 5.26 Å². The average molecular weight is 222 g/mol. The molecule has 0 aromatic heterocycles. The van der Waals surface area contributed by atoms with E-state index in [2.05, 4.69) is 11.0 Å². The highest BCUT2D eigenvalue weighted by Gasteiger charge is 2.12. The zero-order valence-electron chi connectivity index (χ0n) is 9.74. The van der Waals surface area contributed by atoms with Gasteiger partial charge in [-0.1, -0.05) is 6.08 Å². The second kappa shape index (κ2) is 7.02. The second-order valence-electron chi connectivity index (χ2n) is 3.81. The third-order valence-corrected chi connectivity index (χ3v) is 2.53. The summed E-state index contributed by atoms with van der Waals surface area (Å²) in [5, 5.41) is 8.77. The summed E-state index contributed by atoms with van der Waals surface area (Å²) in [6.07, 6.45) is 4.19. The maximum atomic E-state index is 11.1. The van der Waals surface area contributed by atoms with E-state index >= 15 is 0 Å². The number of nitriles is 1. The summed E-state index contributed by atoms with van der Waals surface area (Å²) < 4.78 is 4.85. The number of hydrogen-bond donors (Lipinski definition) is 0. The Balaban J connectivity index is 2.17. The smallest absolute Gasteiger partial charge is 0.305 e. The van der Waals surface area contributed by atoms with Gasteiger partial charge in [0.1, 0.15) is 0 Å². The standard InChI is InChI=1S/C12H18N2O2/c1-2-16-12(15)6-4-8-14-7-3-5-11(9-13)10-14/h5H,2-4,6-8,10H2,1H3. The van der Waals surface area contributed by atoms with E-state index in [4.69, 9.17) is 10.00 Å². The Bertz CT molecular complexity index is 305. The van der Waals surface area contributed by atoms with Crippen LogP contribution >= 0.6 is 0 Å². The molecule has 0 spiro atoms. The molecule has 1 rings (SSSR count). The first-order valence-corrected chi connectivity index (χ1v) is 5.73. The maximum Gasteiger partial charge on any atom is 0.305 e. The van der Waals surface area contributed by atoms with Crippen molar-refractivity contribution in [1.29, 1.82) is 5.26 Å². The molecule has 0 fully saturated rings. The van der Waals surface area contributed by atoms with E-state index in [1.54, 1.807) is 0 Å². The lowest BCUT2D eigenvalue weighted by molar-refractivity contribution is -0.143. The molecule has 4 nitrogen and oxygen atoms in total. The Morgan fingerprint density at radius 3 is 3.19 bits per heavy atom. The summed E-state index contributed by atoms with van der Waals surface area (Å²) in [5.74, 6) is -0.129. The zero-order chi connectivity index (χ0) is 11.8. The average Bonchev–Trinajstić information content (AvgIpc) is 2.30. The molecule has 88 valence electrons. The molecule has 0 N–H and O–H groups in total. The lowest BCUT2D eigenvalue weighted by Gasteiger charge is -2.24. The summed E-state index contributed by atoms with van der Waals surface area (Å²) >= 11 is 0. The van der Waals surface area contributed by atoms with Gasteiger partial charge in [-0.05, 0) is 26.3 Å². The first kappa shape index (κ1) is 12.7. The molecule has 0 aliphatic carbocycles. The van der Waals surface area contributed by atoms with E-state index in [9.17, 15) is 4.79 Å². The Labute approximate surface area is 96.5 Å². The van der Waals surface area contributed by atoms with Crippen LogP contribution in [-0.2, 0) is 9.53 Å². The van der Waals surface area contributed by atoms with E-state index in [1.165, 1.54) is 0 Å². The third kappa shape index (κ3) is 4.45. The minimum absolute atomic E-state index is 0.129. The molecule has 16 heavy (non-hydrogen) atoms. The van der Waals surface area contributed by atoms with E-state index in [1.807, 2.05) is 13.0 Å². The van der Waals surface area contributed by atoms with Gasteiger partial charge in [0.2, 0.25) is 0 Å². The first-order chi connectivity index (χ1) is 7.76. The quantitative estimate of drug-likeness (QED) is 0.661. The van der Waals surface area contributed by atoms with Crippen LogP contribution in [0.4, 0.5) is 0 Å². The molecule has 1 aliphatic rings. The number of ether oxygens (including phenoxy) is 1. The van der Waals surface area contributed by atoms with Gasteiger partial charge in [-0.25, -0.2) is 0 Å². The topological polar surface area (TPSA) is 53.3 Å². The number of esters is 1. The van der Waals surface area contributed by atoms with Gasteiger partial charge in [0.05, 0.1) is 12.7 Å². The number of rotatable bonds is 5. The zero-order valence-corrected chi connectivity index (χ0v) is 9.74. The van der Waals surface area contributed by atoms with Crippen LogP contribution in [-0.4, -0.2) is 37.1 Å². The fraction of sp³-hybridized carbons (Fsp3) is 0.667. The van der Waals surface area contributed by atoms with Gasteiger partial charge in [-0.15, -0.1) is 0 Å². The summed E-state index contributed by atoms with van der Waals surface area (Å²) in [7, 11) is 0. The fourth-order valence-electron chi connectivity index (χ4n) is 1.76. The molecule has 0 radical (unpaired) electrons. The van der Waals surface area contributed by atoms with Crippen molar-refractivity contribution in [2.45, 2.75) is 26.2 Å². The molecule has 0 saturated heterocycles. The van der Waals surface area contributed by atoms with Crippen LogP contribution in [0.1, 0.15) is 26.2 Å². The molecule has 0 unspecified atom stereocenters. The van der Waals surface area contributed by atoms with Crippen LogP contribution in [0.2, 0.25) is 0 Å². The molecule has 0 atom stereocenters. The molecule has 1 heterocycles. The van der Waals surface area contributed by atoms with E-state index in [-0.39, 0.29) is 5.97 Å². The van der Waals surface area contributed by atoms with Gasteiger partial charge in [0.25, 0.3) is 0 Å². The molecular weight excluding hydrogens is 204 g/mol. The third-order valence-electron chi connectivity index (χ3n) is 2.53. The Morgan fingerprint density at radius 2 is 2.50 bits per heavy atom. The largest absolute Gasteiger partial charge is 0.466 e. The summed E-state index contributed by atoms with van der Waals surface area (Å²) in [6, 6.07) is 2.18. The minimum atomic E-state index is -0.129. The lowest BCUT2D eigenvalue weighted by Crippen LogP contribution is -2.31. The molecule has 0 saturated carbocycles. The van der Waals surface area contributed by atoms with Gasteiger partial charge < -0.3 is 4.74 Å². The van der Waals surface area contributed by atoms with E-state index in [0.717, 1.165) is 38.0 Å². The highest BCUT2D eigenvalue weighted by atomic mass is 16.5. The summed E-state index contributed by atoms with van der Waals surface area (Å²) in [5.41, 5.74) is 0.836. The molecule has 0 aromatic rings. The SMILES string of the molecule is CCOC(=O)CCCN1CCC=C(C#N)C1. The maximum absolute atomic E-state index is 11.1. The fourth-order valence-corrected chi connectivity index (χ4v) is 1.76. The van der Waals surface area contributed by atoms with Gasteiger partial charge >= 0.3 is 5.97 Å². The molecule has 1 aliphatic heterocycles. The number of carbonyl (C=O) groups is 1. The predicted molar refractivity (Wildman–Crippen MR) is 60.6 cm³/mol. The van der Waals surface area contributed by atoms with Crippen LogP contribution < -0.4 is 0 Å². The van der Waals surface area contributed by atoms with Crippen LogP contribution in [0.3, 0.4) is 0 Å². The Kier molecular flexibility index (Phi) is 5.58. The molecule has 0 amide bonds. The van der Waals surface area contributed by atoms with Gasteiger partial charge in [0, 0.05) is 25.1 Å². The highest BCUT2D eigenvalue weighted by Crippen LogP contribution is 2.09. The number of hydrogen-bond acceptors (Lipinski definition) is 4. The lowest BCUT2D eigenvalue weighted by atomic mass is 10.1. The van der Waals surface area contributed by atoms with Crippen molar-refractivity contribution < 1.29 is 9.53 Å². The van der Waals surface area contributed by atoms with Crippen molar-refractivity contribution >= 4 is 5.97 Å². The van der Waals surface area contributed by atoms with E-state index < -0.39 is 0 Å². The second-order valence-corrected chi connectivity index (χ2v) is 3.81. The summed E-state index contributed by atoms with van der Waals surface area (Å²) in [6.45, 7) is 4.82. The normalized spacial score (nSPS) is 16.4. The van der Waals surface area contributed by atoms with E-state index in [0.29, 0.717) is 13.0 Å². The van der Waals surface area contributed by atoms with Crippen molar-refractivity contribution in [1.82, 2.24) is 4.90 Å². The number of nitrogens with zero attached hydrogens (tertiary/aromatic N) is 2. The highest BCUT2D eigenvalue weighted by molar-refractivity contribution is 5.69. The van der Waals surface area contributed by atoms with Crippen molar-refractivity contribution in [3.63, 3.8) is 0 Å². The monoisotopic (exact) mass is 222 g/mol. The summed E-state index contributed by atoms with van der Waals surface area (Å²) in [4.78, 5) is 13.3. The van der Waals surface area contributed by atoms with Crippen molar-refractivity contribution in [2.24, 2.45) is 0 Å². The Morgan fingerprint density at radius 1 is 1.69 bits per heavy atom. The van der Waals surface area contributed by atoms with Gasteiger partial charge in [0.15, 0.2) is 0 Å². The van der Waals surface area contributed by atoms with Crippen LogP contribution in [0.15, 0.2) is 11.6 Å². The van der Waals surface area contributed by atoms with Gasteiger partial charge in [-0.3, -0.25) is 9.69 Å². The van der Waals surface area contributed by atoms with Crippen molar-refractivity contribution in [3.8, 4) is 6.07 Å². The minimum Gasteiger partial charge on any atom is -0.466 e. The molecule has 4 heteroatoms. The van der Waals surface area contributed by atoms with Crippen molar-refractivity contribution in [3.05, 3.63) is 11.6 Å². The van der Waals surface area contributed by atoms with Crippen LogP contribution in [0.25, 0.3) is 0 Å². The van der Waals surface area contributed by atoms with Crippen molar-refractivity contribution in [2.75, 3.05) is 26.2 Å². The molecular formula is C12H18N2O2. The van der Waals surface area contributed by atoms with Crippen LogP contribution in [0, 0.1) is 11.3 Å². The first-order valence-electron chi connectivity index (χ1n) is 5.73. The molecule has 0 aromatic carbocycles. The Hall–Kier alpha value is -1.34. The molecule has 0 bridgehead atoms. The predicted octanol–water partition coefficient (Wildman–Crippen LogP) is 1.49.